The number of hydrogen-bond donors (Lipinski definition) is 1. The first kappa shape index (κ1) is 8.53. The Morgan fingerprint density at radius 2 is 2.36 bits per heavy atom. The molecule has 1 aliphatic carbocycles. The summed E-state index contributed by atoms with van der Waals surface area (Å²) in [7, 11) is 1.59. The molecule has 1 rings (SSSR count). The lowest BCUT2D eigenvalue weighted by molar-refractivity contribution is -0.141. The Morgan fingerprint density at radius 1 is 1.73 bits per heavy atom. The fraction of sp³-hybridized carbons (Fsp3) is 0.875. The van der Waals surface area contributed by atoms with Crippen molar-refractivity contribution in [1.82, 2.24) is 0 Å². The van der Waals surface area contributed by atoms with Gasteiger partial charge in [-0.1, -0.05) is 6.42 Å². The summed E-state index contributed by atoms with van der Waals surface area (Å²) in [6.45, 7) is 0. The summed E-state index contributed by atoms with van der Waals surface area (Å²) in [5.74, 6) is -0.264. The van der Waals surface area contributed by atoms with Crippen LogP contribution in [0.15, 0.2) is 0 Å². The highest BCUT2D eigenvalue weighted by molar-refractivity contribution is 5.67. The zero-order valence-corrected chi connectivity index (χ0v) is 6.75. The largest absolute Gasteiger partial charge is 0.481 e. The SMILES string of the molecule is COC(CC(=O)O)C1CCC1. The molecular weight excluding hydrogens is 144 g/mol. The molecule has 1 unspecified atom stereocenters. The van der Waals surface area contributed by atoms with E-state index >= 15 is 0 Å². The molecule has 1 aliphatic rings. The minimum atomic E-state index is -0.760. The molecule has 1 fully saturated rings. The van der Waals surface area contributed by atoms with Crippen molar-refractivity contribution in [2.24, 2.45) is 5.92 Å². The van der Waals surface area contributed by atoms with Crippen molar-refractivity contribution in [3.05, 3.63) is 0 Å². The van der Waals surface area contributed by atoms with Crippen LogP contribution in [0.5, 0.6) is 0 Å². The smallest absolute Gasteiger partial charge is 0.305 e. The van der Waals surface area contributed by atoms with Gasteiger partial charge in [0.1, 0.15) is 0 Å². The molecule has 0 aromatic rings. The number of carbonyl (C=O) groups is 1. The molecule has 0 aliphatic heterocycles. The van der Waals surface area contributed by atoms with Gasteiger partial charge in [-0.3, -0.25) is 4.79 Å². The fourth-order valence-electron chi connectivity index (χ4n) is 1.43. The van der Waals surface area contributed by atoms with E-state index in [0.717, 1.165) is 12.8 Å². The molecule has 1 N–H and O–H groups in total. The van der Waals surface area contributed by atoms with Gasteiger partial charge < -0.3 is 9.84 Å². The first-order valence-electron chi connectivity index (χ1n) is 3.98. The highest BCUT2D eigenvalue weighted by atomic mass is 16.5. The Bertz CT molecular complexity index is 140. The number of rotatable bonds is 4. The van der Waals surface area contributed by atoms with Crippen LogP contribution < -0.4 is 0 Å². The molecule has 0 heterocycles. The second-order valence-electron chi connectivity index (χ2n) is 3.06. The van der Waals surface area contributed by atoms with Gasteiger partial charge in [0, 0.05) is 7.11 Å². The number of carboxylic acid groups (broad SMARTS) is 1. The fourth-order valence-corrected chi connectivity index (χ4v) is 1.43. The van der Waals surface area contributed by atoms with Crippen LogP contribution in [-0.4, -0.2) is 24.3 Å². The number of methoxy groups -OCH3 is 1. The maximum absolute atomic E-state index is 10.3. The molecule has 0 aromatic carbocycles. The third kappa shape index (κ3) is 2.19. The Kier molecular flexibility index (Phi) is 2.88. The van der Waals surface area contributed by atoms with Crippen LogP contribution in [0.4, 0.5) is 0 Å². The van der Waals surface area contributed by atoms with E-state index in [-0.39, 0.29) is 12.5 Å². The van der Waals surface area contributed by atoms with Crippen LogP contribution in [-0.2, 0) is 9.53 Å². The monoisotopic (exact) mass is 158 g/mol. The Hall–Kier alpha value is -0.570. The quantitative estimate of drug-likeness (QED) is 0.670. The zero-order valence-electron chi connectivity index (χ0n) is 6.75. The van der Waals surface area contributed by atoms with Gasteiger partial charge in [-0.2, -0.15) is 0 Å². The summed E-state index contributed by atoms with van der Waals surface area (Å²) in [6, 6.07) is 0. The molecule has 0 saturated heterocycles. The molecule has 1 atom stereocenters. The summed E-state index contributed by atoms with van der Waals surface area (Å²) in [4.78, 5) is 10.3. The van der Waals surface area contributed by atoms with Crippen molar-refractivity contribution in [2.75, 3.05) is 7.11 Å². The summed E-state index contributed by atoms with van der Waals surface area (Å²) in [5, 5.41) is 8.50. The average molecular weight is 158 g/mol. The second kappa shape index (κ2) is 3.72. The standard InChI is InChI=1S/C8H14O3/c1-11-7(5-8(9)10)6-3-2-4-6/h6-7H,2-5H2,1H3,(H,9,10). The molecular formula is C8H14O3. The van der Waals surface area contributed by atoms with Crippen LogP contribution in [0.1, 0.15) is 25.7 Å². The van der Waals surface area contributed by atoms with Crippen LogP contribution in [0.3, 0.4) is 0 Å². The van der Waals surface area contributed by atoms with Gasteiger partial charge in [-0.05, 0) is 18.8 Å². The lowest BCUT2D eigenvalue weighted by Gasteiger charge is -2.31. The van der Waals surface area contributed by atoms with E-state index in [1.165, 1.54) is 6.42 Å². The van der Waals surface area contributed by atoms with Crippen molar-refractivity contribution < 1.29 is 14.6 Å². The minimum Gasteiger partial charge on any atom is -0.481 e. The molecule has 11 heavy (non-hydrogen) atoms. The number of carboxylic acids is 1. The maximum atomic E-state index is 10.3. The van der Waals surface area contributed by atoms with Gasteiger partial charge in [0.15, 0.2) is 0 Å². The van der Waals surface area contributed by atoms with E-state index in [1.54, 1.807) is 7.11 Å². The van der Waals surface area contributed by atoms with Crippen molar-refractivity contribution in [3.63, 3.8) is 0 Å². The van der Waals surface area contributed by atoms with Crippen LogP contribution in [0, 0.1) is 5.92 Å². The normalized spacial score (nSPS) is 20.8. The van der Waals surface area contributed by atoms with E-state index in [2.05, 4.69) is 0 Å². The van der Waals surface area contributed by atoms with E-state index < -0.39 is 5.97 Å². The van der Waals surface area contributed by atoms with Gasteiger partial charge in [-0.25, -0.2) is 0 Å². The van der Waals surface area contributed by atoms with Crippen molar-refractivity contribution >= 4 is 5.97 Å². The van der Waals surface area contributed by atoms with Gasteiger partial charge in [0.25, 0.3) is 0 Å². The average Bonchev–Trinajstić information content (AvgIpc) is 1.81. The van der Waals surface area contributed by atoms with Gasteiger partial charge in [0.2, 0.25) is 0 Å². The summed E-state index contributed by atoms with van der Waals surface area (Å²) in [6.07, 6.45) is 3.59. The van der Waals surface area contributed by atoms with Crippen molar-refractivity contribution in [3.8, 4) is 0 Å². The summed E-state index contributed by atoms with van der Waals surface area (Å²) >= 11 is 0. The highest BCUT2D eigenvalue weighted by Gasteiger charge is 2.28. The van der Waals surface area contributed by atoms with E-state index in [1.807, 2.05) is 0 Å². The van der Waals surface area contributed by atoms with Gasteiger partial charge in [0.05, 0.1) is 12.5 Å². The zero-order chi connectivity index (χ0) is 8.27. The molecule has 3 nitrogen and oxygen atoms in total. The first-order chi connectivity index (χ1) is 5.24. The highest BCUT2D eigenvalue weighted by Crippen LogP contribution is 2.32. The lowest BCUT2D eigenvalue weighted by Crippen LogP contribution is -2.30. The van der Waals surface area contributed by atoms with Crippen molar-refractivity contribution in [1.29, 1.82) is 0 Å². The molecule has 0 bridgehead atoms. The molecule has 0 spiro atoms. The minimum absolute atomic E-state index is 0.0544. The number of hydrogen-bond acceptors (Lipinski definition) is 2. The molecule has 0 amide bonds. The first-order valence-corrected chi connectivity index (χ1v) is 3.98. The summed E-state index contributed by atoms with van der Waals surface area (Å²) < 4.78 is 5.08. The van der Waals surface area contributed by atoms with Crippen LogP contribution in [0.2, 0.25) is 0 Å². The van der Waals surface area contributed by atoms with Gasteiger partial charge in [-0.15, -0.1) is 0 Å². The summed E-state index contributed by atoms with van der Waals surface area (Å²) in [5.41, 5.74) is 0. The van der Waals surface area contributed by atoms with Crippen LogP contribution in [0.25, 0.3) is 0 Å². The third-order valence-electron chi connectivity index (χ3n) is 2.35. The Balaban J connectivity index is 2.29. The number of aliphatic carboxylic acids is 1. The molecule has 64 valence electrons. The van der Waals surface area contributed by atoms with Crippen molar-refractivity contribution in [2.45, 2.75) is 31.8 Å². The Morgan fingerprint density at radius 3 is 2.64 bits per heavy atom. The third-order valence-corrected chi connectivity index (χ3v) is 2.35. The lowest BCUT2D eigenvalue weighted by atomic mass is 9.80. The molecule has 0 aromatic heterocycles. The maximum Gasteiger partial charge on any atom is 0.305 e. The molecule has 1 saturated carbocycles. The Labute approximate surface area is 66.4 Å². The number of ether oxygens (including phenoxy) is 1. The molecule has 0 radical (unpaired) electrons. The van der Waals surface area contributed by atoms with E-state index in [9.17, 15) is 4.79 Å². The van der Waals surface area contributed by atoms with Crippen LogP contribution >= 0.6 is 0 Å². The van der Waals surface area contributed by atoms with Gasteiger partial charge >= 0.3 is 5.97 Å². The topological polar surface area (TPSA) is 46.5 Å². The van der Waals surface area contributed by atoms with E-state index in [0.29, 0.717) is 5.92 Å². The molecule has 3 heteroatoms. The second-order valence-corrected chi connectivity index (χ2v) is 3.06. The predicted octanol–water partition coefficient (Wildman–Crippen LogP) is 1.28. The predicted molar refractivity (Wildman–Crippen MR) is 40.4 cm³/mol. The van der Waals surface area contributed by atoms with E-state index in [4.69, 9.17) is 9.84 Å².